The Morgan fingerprint density at radius 2 is 1.71 bits per heavy atom. The number of sulfonamides is 1. The van der Waals surface area contributed by atoms with E-state index in [0.717, 1.165) is 6.26 Å². The van der Waals surface area contributed by atoms with Crippen molar-refractivity contribution in [3.8, 4) is 5.75 Å². The average molecular weight is 443 g/mol. The minimum Gasteiger partial charge on any atom is -0.494 e. The average Bonchev–Trinajstić information content (AvgIpc) is 2.72. The molecule has 0 radical (unpaired) electrons. The van der Waals surface area contributed by atoms with Crippen LogP contribution in [0.4, 0.5) is 15.8 Å². The van der Waals surface area contributed by atoms with E-state index in [9.17, 15) is 17.6 Å². The van der Waals surface area contributed by atoms with E-state index in [4.69, 9.17) is 4.74 Å². The minimum absolute atomic E-state index is 0.110. The first-order valence-corrected chi connectivity index (χ1v) is 11.5. The number of halogens is 1. The molecule has 31 heavy (non-hydrogen) atoms. The molecule has 0 aliphatic heterocycles. The summed E-state index contributed by atoms with van der Waals surface area (Å²) in [6, 6.07) is 19.0. The summed E-state index contributed by atoms with van der Waals surface area (Å²) in [4.78, 5) is 12.4. The zero-order chi connectivity index (χ0) is 22.4. The van der Waals surface area contributed by atoms with Gasteiger partial charge in [-0.3, -0.25) is 9.10 Å². The van der Waals surface area contributed by atoms with Gasteiger partial charge in [0.1, 0.15) is 11.6 Å². The Bertz CT molecular complexity index is 1150. The fourth-order valence-electron chi connectivity index (χ4n) is 2.97. The van der Waals surface area contributed by atoms with E-state index in [1.54, 1.807) is 54.6 Å². The van der Waals surface area contributed by atoms with Gasteiger partial charge >= 0.3 is 0 Å². The highest BCUT2D eigenvalue weighted by Crippen LogP contribution is 2.24. The number of hydrogen-bond donors (Lipinski definition) is 1. The van der Waals surface area contributed by atoms with E-state index < -0.39 is 15.8 Å². The third-order valence-corrected chi connectivity index (χ3v) is 5.60. The van der Waals surface area contributed by atoms with Crippen molar-refractivity contribution in [2.75, 3.05) is 22.5 Å². The second kappa shape index (κ2) is 9.61. The van der Waals surface area contributed by atoms with Gasteiger partial charge in [0, 0.05) is 11.3 Å². The topological polar surface area (TPSA) is 75.7 Å². The van der Waals surface area contributed by atoms with Crippen molar-refractivity contribution in [3.63, 3.8) is 0 Å². The van der Waals surface area contributed by atoms with Crippen molar-refractivity contribution in [1.29, 1.82) is 0 Å². The number of anilines is 2. The first-order chi connectivity index (χ1) is 14.8. The monoisotopic (exact) mass is 442 g/mol. The van der Waals surface area contributed by atoms with Gasteiger partial charge in [0.2, 0.25) is 10.0 Å². The Morgan fingerprint density at radius 3 is 2.29 bits per heavy atom. The fourth-order valence-corrected chi connectivity index (χ4v) is 3.86. The molecule has 8 heteroatoms. The van der Waals surface area contributed by atoms with Gasteiger partial charge in [0.05, 0.1) is 25.1 Å². The van der Waals surface area contributed by atoms with Crippen molar-refractivity contribution in [1.82, 2.24) is 0 Å². The normalized spacial score (nSPS) is 11.1. The van der Waals surface area contributed by atoms with Crippen molar-refractivity contribution < 1.29 is 22.3 Å². The number of rotatable bonds is 8. The molecule has 0 bridgehead atoms. The van der Waals surface area contributed by atoms with E-state index in [1.807, 2.05) is 6.92 Å². The van der Waals surface area contributed by atoms with E-state index in [2.05, 4.69) is 5.32 Å². The van der Waals surface area contributed by atoms with Gasteiger partial charge in [-0.05, 0) is 67.1 Å². The molecule has 162 valence electrons. The molecule has 0 spiro atoms. The van der Waals surface area contributed by atoms with Crippen molar-refractivity contribution in [3.05, 3.63) is 89.7 Å². The lowest BCUT2D eigenvalue weighted by atomic mass is 10.1. The summed E-state index contributed by atoms with van der Waals surface area (Å²) in [7, 11) is -3.53. The molecule has 0 saturated heterocycles. The summed E-state index contributed by atoms with van der Waals surface area (Å²) in [5.41, 5.74) is 1.95. The summed E-state index contributed by atoms with van der Waals surface area (Å²) in [5, 5.41) is 2.63. The zero-order valence-corrected chi connectivity index (χ0v) is 18.0. The Kier molecular flexibility index (Phi) is 6.91. The Labute approximate surface area is 181 Å². The van der Waals surface area contributed by atoms with Gasteiger partial charge in [-0.25, -0.2) is 12.8 Å². The quantitative estimate of drug-likeness (QED) is 0.560. The summed E-state index contributed by atoms with van der Waals surface area (Å²) in [6.07, 6.45) is 1.14. The van der Waals surface area contributed by atoms with Crippen LogP contribution < -0.4 is 14.4 Å². The van der Waals surface area contributed by atoms with Crippen LogP contribution in [0, 0.1) is 5.82 Å². The van der Waals surface area contributed by atoms with Crippen LogP contribution >= 0.6 is 0 Å². The standard InChI is InChI=1S/C23H23FN2O4S/c1-3-30-22-13-11-21(12-14-22)26(31(2,28)29)16-17-7-9-18(10-8-17)23(27)25-20-6-4-5-19(24)15-20/h4-15H,3,16H2,1-2H3,(H,25,27). The molecule has 0 heterocycles. The molecule has 3 aromatic rings. The maximum atomic E-state index is 13.3. The van der Waals surface area contributed by atoms with E-state index >= 15 is 0 Å². The molecule has 3 aromatic carbocycles. The van der Waals surface area contributed by atoms with Crippen LogP contribution in [0.25, 0.3) is 0 Å². The molecule has 3 rings (SSSR count). The Balaban J connectivity index is 1.74. The molecule has 0 unspecified atom stereocenters. The highest BCUT2D eigenvalue weighted by Gasteiger charge is 2.18. The molecule has 0 atom stereocenters. The van der Waals surface area contributed by atoms with Crippen LogP contribution in [0.5, 0.6) is 5.75 Å². The lowest BCUT2D eigenvalue weighted by Gasteiger charge is -2.23. The molecule has 6 nitrogen and oxygen atoms in total. The van der Waals surface area contributed by atoms with Gasteiger partial charge in [-0.15, -0.1) is 0 Å². The minimum atomic E-state index is -3.53. The van der Waals surface area contributed by atoms with Crippen molar-refractivity contribution in [2.24, 2.45) is 0 Å². The summed E-state index contributed by atoms with van der Waals surface area (Å²) < 4.78 is 44.7. The lowest BCUT2D eigenvalue weighted by molar-refractivity contribution is 0.102. The van der Waals surface area contributed by atoms with Gasteiger partial charge in [-0.2, -0.15) is 0 Å². The third kappa shape index (κ3) is 6.05. The highest BCUT2D eigenvalue weighted by atomic mass is 32.2. The molecule has 0 saturated carbocycles. The number of amides is 1. The number of carbonyl (C=O) groups is 1. The third-order valence-electron chi connectivity index (χ3n) is 4.46. The van der Waals surface area contributed by atoms with Crippen molar-refractivity contribution >= 4 is 27.3 Å². The largest absolute Gasteiger partial charge is 0.494 e. The molecular formula is C23H23FN2O4S. The SMILES string of the molecule is CCOc1ccc(N(Cc2ccc(C(=O)Nc3cccc(F)c3)cc2)S(C)(=O)=O)cc1. The van der Waals surface area contributed by atoms with E-state index in [-0.39, 0.29) is 12.5 Å². The van der Waals surface area contributed by atoms with Crippen LogP contribution in [0.1, 0.15) is 22.8 Å². The number of nitrogens with zero attached hydrogens (tertiary/aromatic N) is 1. The van der Waals surface area contributed by atoms with Gasteiger partial charge < -0.3 is 10.1 Å². The Hall–Kier alpha value is -3.39. The molecule has 1 N–H and O–H groups in total. The van der Waals surface area contributed by atoms with E-state index in [1.165, 1.54) is 22.5 Å². The van der Waals surface area contributed by atoms with Crippen LogP contribution in [-0.4, -0.2) is 27.2 Å². The predicted molar refractivity (Wildman–Crippen MR) is 119 cm³/mol. The van der Waals surface area contributed by atoms with Crippen LogP contribution in [-0.2, 0) is 16.6 Å². The summed E-state index contributed by atoms with van der Waals surface area (Å²) in [5.74, 6) is -0.166. The van der Waals surface area contributed by atoms with Crippen LogP contribution in [0.2, 0.25) is 0 Å². The van der Waals surface area contributed by atoms with Crippen LogP contribution in [0.3, 0.4) is 0 Å². The Morgan fingerprint density at radius 1 is 1.03 bits per heavy atom. The predicted octanol–water partition coefficient (Wildman–Crippen LogP) is 4.44. The second-order valence-corrected chi connectivity index (χ2v) is 8.76. The second-order valence-electron chi connectivity index (χ2n) is 6.86. The molecule has 0 fully saturated rings. The molecule has 0 aromatic heterocycles. The van der Waals surface area contributed by atoms with Gasteiger partial charge in [0.25, 0.3) is 5.91 Å². The first kappa shape index (κ1) is 22.3. The smallest absolute Gasteiger partial charge is 0.255 e. The number of hydrogen-bond acceptors (Lipinski definition) is 4. The maximum absolute atomic E-state index is 13.3. The summed E-state index contributed by atoms with van der Waals surface area (Å²) >= 11 is 0. The van der Waals surface area contributed by atoms with Gasteiger partial charge in [0.15, 0.2) is 0 Å². The van der Waals surface area contributed by atoms with Gasteiger partial charge in [-0.1, -0.05) is 18.2 Å². The molecular weight excluding hydrogens is 419 g/mol. The highest BCUT2D eigenvalue weighted by molar-refractivity contribution is 7.92. The fraction of sp³-hybridized carbons (Fsp3) is 0.174. The number of nitrogens with one attached hydrogen (secondary N) is 1. The first-order valence-electron chi connectivity index (χ1n) is 9.62. The molecule has 0 aliphatic rings. The molecule has 1 amide bonds. The zero-order valence-electron chi connectivity index (χ0n) is 17.2. The van der Waals surface area contributed by atoms with E-state index in [0.29, 0.717) is 34.9 Å². The number of benzene rings is 3. The maximum Gasteiger partial charge on any atom is 0.255 e. The summed E-state index contributed by atoms with van der Waals surface area (Å²) in [6.45, 7) is 2.51. The number of ether oxygens (including phenoxy) is 1. The lowest BCUT2D eigenvalue weighted by Crippen LogP contribution is -2.29. The number of carbonyl (C=O) groups excluding carboxylic acids is 1. The van der Waals surface area contributed by atoms with Crippen molar-refractivity contribution in [2.45, 2.75) is 13.5 Å². The van der Waals surface area contributed by atoms with Crippen LogP contribution in [0.15, 0.2) is 72.8 Å². The molecule has 0 aliphatic carbocycles.